The molecule has 0 N–H and O–H groups in total. The normalized spacial score (nSPS) is 19.7. The summed E-state index contributed by atoms with van der Waals surface area (Å²) in [5, 5.41) is -5.45. The lowest BCUT2D eigenvalue weighted by Crippen LogP contribution is -1.91. The van der Waals surface area contributed by atoms with Crippen LogP contribution in [0.4, 0.5) is 0 Å². The third-order valence-electron chi connectivity index (χ3n) is 9.15. The van der Waals surface area contributed by atoms with E-state index in [4.69, 9.17) is 26.3 Å². The Labute approximate surface area is 331 Å². The van der Waals surface area contributed by atoms with E-state index in [2.05, 4.69) is 0 Å². The molecular weight excluding hydrogens is 617 g/mol. The molecule has 0 atom stereocenters. The highest BCUT2D eigenvalue weighted by molar-refractivity contribution is 6.27. The summed E-state index contributed by atoms with van der Waals surface area (Å²) >= 11 is 0. The van der Waals surface area contributed by atoms with Crippen LogP contribution in [0.3, 0.4) is 0 Å². The molecular formula is C50H28O. The Morgan fingerprint density at radius 1 is 0.333 bits per heavy atom. The van der Waals surface area contributed by atoms with Crippen LogP contribution in [0.2, 0.25) is 0 Å². The van der Waals surface area contributed by atoms with Crippen molar-refractivity contribution >= 4 is 86.6 Å². The molecule has 0 amide bonds. The van der Waals surface area contributed by atoms with Crippen LogP contribution < -0.4 is 0 Å². The first-order valence-electron chi connectivity index (χ1n) is 29.0. The fraction of sp³-hybridized carbons (Fsp3) is 0. The molecule has 0 saturated heterocycles. The molecule has 1 heteroatoms. The Balaban J connectivity index is 1.39. The fourth-order valence-corrected chi connectivity index (χ4v) is 6.94. The average Bonchev–Trinajstić information content (AvgIpc) is 1.85. The summed E-state index contributed by atoms with van der Waals surface area (Å²) in [4.78, 5) is 0. The SMILES string of the molecule is [2H]c1c(-c2c([2H])c([2H])c3c([2H])c([2H])c4c([2H])c([2H])c([2H])c5c([2H])cc2c3c54)c([2H])c(-c2c([2H])c([2H])c3c([2H])c([2H])c4c([2H])c([2H])c([2H])c5c([2H])c([2H])c2c3c45)c([2H])c1-c1c([2H])c([2H])c([2H])c2c1oc1c([2H])c([2H])c([2H])c([2H])c12. The predicted molar refractivity (Wildman–Crippen MR) is 217 cm³/mol. The van der Waals surface area contributed by atoms with E-state index in [9.17, 15) is 15.1 Å². The first kappa shape index (κ1) is 12.3. The number of hydrogen-bond acceptors (Lipinski definition) is 1. The lowest BCUT2D eigenvalue weighted by molar-refractivity contribution is 0.670. The van der Waals surface area contributed by atoms with Crippen LogP contribution in [0.1, 0.15) is 37.0 Å². The summed E-state index contributed by atoms with van der Waals surface area (Å²) in [7, 11) is 0. The van der Waals surface area contributed by atoms with E-state index in [0.717, 1.165) is 6.07 Å². The molecule has 51 heavy (non-hydrogen) atoms. The second-order valence-electron chi connectivity index (χ2n) is 11.8. The summed E-state index contributed by atoms with van der Waals surface area (Å²) in [5.74, 6) is 0. The zero-order valence-corrected chi connectivity index (χ0v) is 25.5. The van der Waals surface area contributed by atoms with Gasteiger partial charge in [0.05, 0.1) is 37.0 Å². The van der Waals surface area contributed by atoms with Gasteiger partial charge in [0.15, 0.2) is 0 Å². The molecule has 0 bridgehead atoms. The Morgan fingerprint density at radius 3 is 1.51 bits per heavy atom. The molecule has 12 rings (SSSR count). The minimum Gasteiger partial charge on any atom is -0.455 e. The summed E-state index contributed by atoms with van der Waals surface area (Å²) in [6.45, 7) is 0. The van der Waals surface area contributed by atoms with E-state index in [1.165, 1.54) is 0 Å². The molecule has 12 aromatic rings. The topological polar surface area (TPSA) is 13.1 Å². The average molecular weight is 672 g/mol. The van der Waals surface area contributed by atoms with Crippen molar-refractivity contribution in [1.29, 1.82) is 0 Å². The van der Waals surface area contributed by atoms with Gasteiger partial charge in [-0.25, -0.2) is 0 Å². The van der Waals surface area contributed by atoms with Gasteiger partial charge in [-0.3, -0.25) is 0 Å². The molecule has 0 aliphatic carbocycles. The smallest absolute Gasteiger partial charge is 0.143 e. The van der Waals surface area contributed by atoms with Gasteiger partial charge in [0.25, 0.3) is 0 Å². The highest BCUT2D eigenvalue weighted by Crippen LogP contribution is 2.45. The predicted octanol–water partition coefficient (Wildman–Crippen LogP) is 14.4. The van der Waals surface area contributed by atoms with Crippen LogP contribution in [0.25, 0.3) is 120 Å². The number of furan rings is 1. The molecule has 234 valence electrons. The van der Waals surface area contributed by atoms with E-state index in [1.807, 2.05) is 0 Å². The van der Waals surface area contributed by atoms with Gasteiger partial charge in [-0.15, -0.1) is 0 Å². The number of rotatable bonds is 3. The van der Waals surface area contributed by atoms with Crippen molar-refractivity contribution < 1.29 is 41.4 Å². The van der Waals surface area contributed by atoms with Crippen LogP contribution in [0.5, 0.6) is 0 Å². The maximum absolute atomic E-state index is 10.3. The minimum atomic E-state index is -1.04. The zero-order valence-electron chi connectivity index (χ0n) is 52.5. The van der Waals surface area contributed by atoms with Crippen molar-refractivity contribution in [2.75, 3.05) is 0 Å². The van der Waals surface area contributed by atoms with E-state index < -0.39 is 245 Å². The second kappa shape index (κ2) is 9.94. The zero-order chi connectivity index (χ0) is 56.7. The van der Waals surface area contributed by atoms with Crippen LogP contribution in [0, 0.1) is 0 Å². The highest BCUT2D eigenvalue weighted by Gasteiger charge is 2.19. The van der Waals surface area contributed by atoms with Gasteiger partial charge < -0.3 is 4.42 Å². The van der Waals surface area contributed by atoms with E-state index in [0.29, 0.717) is 0 Å². The molecule has 0 aliphatic heterocycles. The van der Waals surface area contributed by atoms with Gasteiger partial charge in [0.1, 0.15) is 11.2 Å². The van der Waals surface area contributed by atoms with Crippen LogP contribution >= 0.6 is 0 Å². The molecule has 0 aliphatic rings. The maximum Gasteiger partial charge on any atom is 0.143 e. The number of fused-ring (bicyclic) bond motifs is 3. The van der Waals surface area contributed by atoms with Crippen LogP contribution in [-0.4, -0.2) is 0 Å². The van der Waals surface area contributed by atoms with Crippen molar-refractivity contribution in [3.05, 3.63) is 169 Å². The van der Waals surface area contributed by atoms with Gasteiger partial charge >= 0.3 is 0 Å². The van der Waals surface area contributed by atoms with Gasteiger partial charge in [-0.05, 0) is 117 Å². The number of benzene rings is 11. The number of hydrogen-bond donors (Lipinski definition) is 0. The van der Waals surface area contributed by atoms with Crippen LogP contribution in [-0.2, 0) is 0 Å². The van der Waals surface area contributed by atoms with Crippen molar-refractivity contribution in [3.8, 4) is 33.4 Å². The third-order valence-corrected chi connectivity index (χ3v) is 9.15. The Kier molecular flexibility index (Phi) is 2.39. The molecule has 0 saturated carbocycles. The van der Waals surface area contributed by atoms with Gasteiger partial charge in [0.2, 0.25) is 0 Å². The van der Waals surface area contributed by atoms with Gasteiger partial charge in [-0.1, -0.05) is 145 Å². The molecule has 1 aromatic heterocycles. The third kappa shape index (κ3) is 3.75. The molecule has 11 aromatic carbocycles. The summed E-state index contributed by atoms with van der Waals surface area (Å²) < 4.78 is 254. The monoisotopic (exact) mass is 671 g/mol. The quantitative estimate of drug-likeness (QED) is 0.170. The summed E-state index contributed by atoms with van der Waals surface area (Å²) in [5.41, 5.74) is -5.80. The van der Waals surface area contributed by atoms with Gasteiger partial charge in [-0.2, -0.15) is 0 Å². The Hall–Kier alpha value is -6.70. The highest BCUT2D eigenvalue weighted by atomic mass is 16.3. The second-order valence-corrected chi connectivity index (χ2v) is 11.8. The van der Waals surface area contributed by atoms with Crippen LogP contribution in [0.15, 0.2) is 174 Å². The van der Waals surface area contributed by atoms with Crippen molar-refractivity contribution in [2.45, 2.75) is 0 Å². The van der Waals surface area contributed by atoms with E-state index in [1.54, 1.807) is 0 Å². The number of para-hydroxylation sites is 2. The van der Waals surface area contributed by atoms with E-state index in [-0.39, 0.29) is 37.7 Å². The fourth-order valence-electron chi connectivity index (χ4n) is 6.94. The molecule has 1 nitrogen and oxygen atoms in total. The molecule has 0 spiro atoms. The molecule has 0 fully saturated rings. The minimum absolute atomic E-state index is 0.229. The summed E-state index contributed by atoms with van der Waals surface area (Å²) in [6.07, 6.45) is 0. The van der Waals surface area contributed by atoms with E-state index >= 15 is 0 Å². The molecule has 1 heterocycles. The lowest BCUT2D eigenvalue weighted by atomic mass is 9.86. The van der Waals surface area contributed by atoms with Crippen molar-refractivity contribution in [2.24, 2.45) is 0 Å². The van der Waals surface area contributed by atoms with Crippen molar-refractivity contribution in [3.63, 3.8) is 0 Å². The standard InChI is InChI=1S/C50H28O/c1-2-13-45-41(10-1)44-12-5-11-40(50(44)51-45)37-27-35(38-22-18-33-16-14-29-6-3-8-31-20-24-42(38)48(33)46(29)31)26-36(28-37)39-23-19-34-17-15-30-7-4-9-32-21-25-43(39)49(34)47(30)32/h1-28H/i1D,2D,3D,4D,5D,6D,7D,8D,9D,10D,11D,12D,13D,14D,15D,16D,17D,18D,19D,20D,21D,22D,23D,24D,26D,27D,28D. The largest absolute Gasteiger partial charge is 0.455 e. The first-order valence-corrected chi connectivity index (χ1v) is 15.5. The Morgan fingerprint density at radius 2 is 0.824 bits per heavy atom. The molecule has 0 radical (unpaired) electrons. The summed E-state index contributed by atoms with van der Waals surface area (Å²) in [6, 6.07) is -20.8. The van der Waals surface area contributed by atoms with Crippen molar-refractivity contribution in [1.82, 2.24) is 0 Å². The van der Waals surface area contributed by atoms with Gasteiger partial charge in [0, 0.05) is 16.3 Å². The maximum atomic E-state index is 10.3. The molecule has 0 unspecified atom stereocenters. The first-order chi connectivity index (χ1) is 36.6. The lowest BCUT2D eigenvalue weighted by Gasteiger charge is -2.18. The Bertz CT molecular complexity index is 4900.